The Morgan fingerprint density at radius 1 is 1.31 bits per heavy atom. The van der Waals surface area contributed by atoms with E-state index < -0.39 is 0 Å². The summed E-state index contributed by atoms with van der Waals surface area (Å²) in [4.78, 5) is 7.70. The minimum Gasteiger partial charge on any atom is -0.301 e. The zero-order chi connectivity index (χ0) is 11.0. The first-order valence-electron chi connectivity index (χ1n) is 5.65. The molecule has 1 aromatic carbocycles. The van der Waals surface area contributed by atoms with Crippen LogP contribution in [0.2, 0.25) is 5.02 Å². The van der Waals surface area contributed by atoms with Gasteiger partial charge >= 0.3 is 0 Å². The van der Waals surface area contributed by atoms with Gasteiger partial charge in [-0.1, -0.05) is 23.7 Å². The molecule has 2 saturated heterocycles. The third kappa shape index (κ3) is 2.09. The molecule has 86 valence electrons. The van der Waals surface area contributed by atoms with Gasteiger partial charge in [0.25, 0.3) is 0 Å². The topological polar surface area (TPSA) is 24.5 Å². The monoisotopic (exact) mass is 238 g/mol. The number of halogens is 1. The Hall–Kier alpha value is -0.610. The number of hydroxylamine groups is 1. The van der Waals surface area contributed by atoms with Gasteiger partial charge < -0.3 is 4.84 Å². The van der Waals surface area contributed by atoms with Gasteiger partial charge in [0, 0.05) is 30.6 Å². The second kappa shape index (κ2) is 4.34. The minimum absolute atomic E-state index is 0.521. The van der Waals surface area contributed by atoms with Gasteiger partial charge in [0.1, 0.15) is 0 Å². The fourth-order valence-electron chi connectivity index (χ4n) is 2.50. The van der Waals surface area contributed by atoms with Crippen molar-refractivity contribution in [1.29, 1.82) is 0 Å². The standard InChI is InChI=1S/C12H15ClN2O/c13-11-3-1-9(2-4-11)5-15-6-10-8-16-14-12(10)7-15/h1-4,10,12,14H,5-8H2. The Morgan fingerprint density at radius 3 is 2.88 bits per heavy atom. The van der Waals surface area contributed by atoms with E-state index in [1.54, 1.807) is 0 Å². The zero-order valence-corrected chi connectivity index (χ0v) is 9.78. The number of nitrogens with one attached hydrogen (secondary N) is 1. The van der Waals surface area contributed by atoms with Gasteiger partial charge in [0.15, 0.2) is 0 Å². The first-order chi connectivity index (χ1) is 7.81. The van der Waals surface area contributed by atoms with E-state index in [0.717, 1.165) is 31.3 Å². The molecule has 4 heteroatoms. The second-order valence-corrected chi connectivity index (χ2v) is 5.05. The van der Waals surface area contributed by atoms with Crippen LogP contribution < -0.4 is 5.48 Å². The molecule has 0 radical (unpaired) electrons. The highest BCUT2D eigenvalue weighted by molar-refractivity contribution is 6.30. The van der Waals surface area contributed by atoms with Crippen molar-refractivity contribution in [2.75, 3.05) is 19.7 Å². The van der Waals surface area contributed by atoms with Crippen molar-refractivity contribution < 1.29 is 4.84 Å². The van der Waals surface area contributed by atoms with E-state index in [1.807, 2.05) is 12.1 Å². The first-order valence-corrected chi connectivity index (χ1v) is 6.03. The molecule has 1 N–H and O–H groups in total. The number of hydrogen-bond donors (Lipinski definition) is 1. The van der Waals surface area contributed by atoms with Gasteiger partial charge in [-0.25, -0.2) is 0 Å². The van der Waals surface area contributed by atoms with Gasteiger partial charge in [-0.3, -0.25) is 4.90 Å². The van der Waals surface area contributed by atoms with Crippen LogP contribution in [0.15, 0.2) is 24.3 Å². The zero-order valence-electron chi connectivity index (χ0n) is 9.03. The Morgan fingerprint density at radius 2 is 2.12 bits per heavy atom. The lowest BCUT2D eigenvalue weighted by atomic mass is 10.1. The van der Waals surface area contributed by atoms with Crippen molar-refractivity contribution in [1.82, 2.24) is 10.4 Å². The highest BCUT2D eigenvalue weighted by Gasteiger charge is 2.36. The van der Waals surface area contributed by atoms with Gasteiger partial charge in [0.2, 0.25) is 0 Å². The van der Waals surface area contributed by atoms with Crippen LogP contribution in [0.4, 0.5) is 0 Å². The van der Waals surface area contributed by atoms with Crippen LogP contribution in [0.25, 0.3) is 0 Å². The summed E-state index contributed by atoms with van der Waals surface area (Å²) in [5.74, 6) is 0.660. The Balaban J connectivity index is 1.62. The first kappa shape index (κ1) is 10.5. The second-order valence-electron chi connectivity index (χ2n) is 4.62. The normalized spacial score (nSPS) is 29.6. The van der Waals surface area contributed by atoms with E-state index in [4.69, 9.17) is 16.4 Å². The number of rotatable bonds is 2. The molecule has 2 heterocycles. The number of hydrogen-bond acceptors (Lipinski definition) is 3. The third-order valence-corrected chi connectivity index (χ3v) is 3.62. The van der Waals surface area contributed by atoms with Crippen molar-refractivity contribution in [3.8, 4) is 0 Å². The molecule has 2 aliphatic rings. The molecule has 0 aliphatic carbocycles. The lowest BCUT2D eigenvalue weighted by Gasteiger charge is -2.16. The molecule has 3 nitrogen and oxygen atoms in total. The molecule has 2 fully saturated rings. The van der Waals surface area contributed by atoms with Crippen molar-refractivity contribution in [2.45, 2.75) is 12.6 Å². The molecule has 0 aromatic heterocycles. The van der Waals surface area contributed by atoms with Crippen molar-refractivity contribution in [3.63, 3.8) is 0 Å². The summed E-state index contributed by atoms with van der Waals surface area (Å²) in [7, 11) is 0. The molecular formula is C12H15ClN2O. The van der Waals surface area contributed by atoms with Gasteiger partial charge in [-0.05, 0) is 17.7 Å². The van der Waals surface area contributed by atoms with Crippen LogP contribution in [0.5, 0.6) is 0 Å². The van der Waals surface area contributed by atoms with Crippen LogP contribution >= 0.6 is 11.6 Å². The van der Waals surface area contributed by atoms with Crippen molar-refractivity contribution in [3.05, 3.63) is 34.9 Å². The molecule has 16 heavy (non-hydrogen) atoms. The summed E-state index contributed by atoms with van der Waals surface area (Å²) in [6.45, 7) is 4.06. The molecule has 2 atom stereocenters. The molecule has 2 unspecified atom stereocenters. The van der Waals surface area contributed by atoms with E-state index in [2.05, 4.69) is 22.5 Å². The molecule has 2 aliphatic heterocycles. The van der Waals surface area contributed by atoms with Crippen molar-refractivity contribution >= 4 is 11.6 Å². The van der Waals surface area contributed by atoms with Gasteiger partial charge in [0.05, 0.1) is 12.6 Å². The lowest BCUT2D eigenvalue weighted by Crippen LogP contribution is -2.29. The van der Waals surface area contributed by atoms with Gasteiger partial charge in [-0.2, -0.15) is 5.48 Å². The van der Waals surface area contributed by atoms with Crippen LogP contribution in [-0.4, -0.2) is 30.6 Å². The smallest absolute Gasteiger partial charge is 0.0739 e. The summed E-state index contributed by atoms with van der Waals surface area (Å²) in [6.07, 6.45) is 0. The summed E-state index contributed by atoms with van der Waals surface area (Å²) in [5, 5.41) is 0.803. The Kier molecular flexibility index (Phi) is 2.86. The predicted molar refractivity (Wildman–Crippen MR) is 63.1 cm³/mol. The molecule has 0 bridgehead atoms. The maximum absolute atomic E-state index is 5.87. The molecule has 0 saturated carbocycles. The molecule has 0 amide bonds. The molecule has 3 rings (SSSR count). The highest BCUT2D eigenvalue weighted by atomic mass is 35.5. The van der Waals surface area contributed by atoms with Gasteiger partial charge in [-0.15, -0.1) is 0 Å². The lowest BCUT2D eigenvalue weighted by molar-refractivity contribution is 0.0709. The maximum Gasteiger partial charge on any atom is 0.0739 e. The summed E-state index contributed by atoms with van der Waals surface area (Å²) >= 11 is 5.87. The van der Waals surface area contributed by atoms with E-state index in [0.29, 0.717) is 12.0 Å². The fraction of sp³-hybridized carbons (Fsp3) is 0.500. The highest BCUT2D eigenvalue weighted by Crippen LogP contribution is 2.23. The Bertz CT molecular complexity index is 356. The fourth-order valence-corrected chi connectivity index (χ4v) is 2.63. The predicted octanol–water partition coefficient (Wildman–Crippen LogP) is 1.68. The largest absolute Gasteiger partial charge is 0.301 e. The number of nitrogens with zero attached hydrogens (tertiary/aromatic N) is 1. The Labute approximate surface area is 100 Å². The minimum atomic E-state index is 0.521. The molecule has 1 aromatic rings. The molecule has 0 spiro atoms. The quantitative estimate of drug-likeness (QED) is 0.849. The van der Waals surface area contributed by atoms with Crippen LogP contribution in [-0.2, 0) is 11.4 Å². The van der Waals surface area contributed by atoms with Crippen molar-refractivity contribution in [2.24, 2.45) is 5.92 Å². The maximum atomic E-state index is 5.87. The average molecular weight is 239 g/mol. The number of likely N-dealkylation sites (tertiary alicyclic amines) is 1. The summed E-state index contributed by atoms with van der Waals surface area (Å²) in [5.41, 5.74) is 4.40. The van der Waals surface area contributed by atoms with E-state index in [9.17, 15) is 0 Å². The van der Waals surface area contributed by atoms with E-state index >= 15 is 0 Å². The van der Waals surface area contributed by atoms with Crippen LogP contribution in [0, 0.1) is 5.92 Å². The third-order valence-electron chi connectivity index (χ3n) is 3.37. The van der Waals surface area contributed by atoms with Crippen LogP contribution in [0.3, 0.4) is 0 Å². The number of benzene rings is 1. The van der Waals surface area contributed by atoms with E-state index in [-0.39, 0.29) is 0 Å². The number of fused-ring (bicyclic) bond motifs is 1. The van der Waals surface area contributed by atoms with Crippen LogP contribution in [0.1, 0.15) is 5.56 Å². The average Bonchev–Trinajstić information content (AvgIpc) is 2.81. The molecular weight excluding hydrogens is 224 g/mol. The van der Waals surface area contributed by atoms with E-state index in [1.165, 1.54) is 5.56 Å². The summed E-state index contributed by atoms with van der Waals surface area (Å²) in [6, 6.07) is 8.62. The SMILES string of the molecule is Clc1ccc(CN2CC3CONC3C2)cc1. The summed E-state index contributed by atoms with van der Waals surface area (Å²) < 4.78 is 0.